The van der Waals surface area contributed by atoms with Gasteiger partial charge in [0.1, 0.15) is 19.0 Å². The molecule has 0 bridgehead atoms. The van der Waals surface area contributed by atoms with E-state index in [4.69, 9.17) is 18.6 Å². The van der Waals surface area contributed by atoms with Crippen LogP contribution in [0.5, 0.6) is 11.5 Å². The molecule has 2 aromatic heterocycles. The number of nitrogens with zero attached hydrogens (tertiary/aromatic N) is 2. The highest BCUT2D eigenvalue weighted by molar-refractivity contribution is 5.91. The van der Waals surface area contributed by atoms with Crippen LogP contribution < -0.4 is 9.47 Å². The molecule has 0 radical (unpaired) electrons. The molecule has 1 aliphatic heterocycles. The quantitative estimate of drug-likeness (QED) is 0.445. The number of methoxy groups -OCH3 is 2. The average Bonchev–Trinajstić information content (AvgIpc) is 3.20. The van der Waals surface area contributed by atoms with Gasteiger partial charge in [-0.3, -0.25) is 9.78 Å². The van der Waals surface area contributed by atoms with E-state index in [9.17, 15) is 4.79 Å². The summed E-state index contributed by atoms with van der Waals surface area (Å²) in [6, 6.07) is 17.5. The number of carbonyl (C=O) groups excluding carboxylic acids is 1. The number of para-hydroxylation sites is 1. The fourth-order valence-electron chi connectivity index (χ4n) is 4.07. The Morgan fingerprint density at radius 3 is 2.82 bits per heavy atom. The molecule has 0 saturated carbocycles. The van der Waals surface area contributed by atoms with Gasteiger partial charge in [0.05, 0.1) is 25.7 Å². The van der Waals surface area contributed by atoms with Gasteiger partial charge in [-0.15, -0.1) is 0 Å². The first-order chi connectivity index (χ1) is 16.2. The zero-order valence-corrected chi connectivity index (χ0v) is 18.5. The van der Waals surface area contributed by atoms with Gasteiger partial charge in [-0.2, -0.15) is 0 Å². The molecule has 168 valence electrons. The topological polar surface area (TPSA) is 74.0 Å². The number of rotatable bonds is 5. The van der Waals surface area contributed by atoms with Gasteiger partial charge >= 0.3 is 0 Å². The third kappa shape index (κ3) is 4.15. The second-order valence-corrected chi connectivity index (χ2v) is 7.86. The number of hydrogen-bond donors (Lipinski definition) is 0. The average molecular weight is 444 g/mol. The number of fused-ring (bicyclic) bond motifs is 2. The van der Waals surface area contributed by atoms with Gasteiger partial charge in [0.25, 0.3) is 5.91 Å². The standard InChI is InChI=1S/C26H24N2O5/c1-30-16-21-7-8-23(33-21)26(29)28-9-10-32-25-20(15-28)12-18(13-24(25)31-2)19-11-17-5-3-4-6-22(17)27-14-19/h3-8,11-14H,9-10,15-16H2,1-2H3. The second-order valence-electron chi connectivity index (χ2n) is 7.86. The summed E-state index contributed by atoms with van der Waals surface area (Å²) < 4.78 is 22.4. The van der Waals surface area contributed by atoms with E-state index in [-0.39, 0.29) is 11.7 Å². The Labute approximate surface area is 191 Å². The highest BCUT2D eigenvalue weighted by atomic mass is 16.5. The summed E-state index contributed by atoms with van der Waals surface area (Å²) in [4.78, 5) is 19.4. The van der Waals surface area contributed by atoms with Crippen LogP contribution in [0.25, 0.3) is 22.0 Å². The molecule has 0 saturated heterocycles. The Morgan fingerprint density at radius 2 is 1.97 bits per heavy atom. The molecule has 1 amide bonds. The summed E-state index contributed by atoms with van der Waals surface area (Å²) in [5.41, 5.74) is 3.72. The Kier molecular flexibility index (Phi) is 5.71. The van der Waals surface area contributed by atoms with Gasteiger partial charge in [-0.1, -0.05) is 18.2 Å². The molecule has 2 aromatic carbocycles. The molecule has 0 aliphatic carbocycles. The molecule has 3 heterocycles. The van der Waals surface area contributed by atoms with Crippen LogP contribution >= 0.6 is 0 Å². The van der Waals surface area contributed by atoms with Gasteiger partial charge in [0, 0.05) is 29.8 Å². The van der Waals surface area contributed by atoms with E-state index in [1.165, 1.54) is 0 Å². The molecule has 0 fully saturated rings. The number of amides is 1. The smallest absolute Gasteiger partial charge is 0.289 e. The van der Waals surface area contributed by atoms with E-state index in [0.29, 0.717) is 43.6 Å². The molecule has 0 spiro atoms. The maximum Gasteiger partial charge on any atom is 0.289 e. The minimum absolute atomic E-state index is 0.189. The third-order valence-corrected chi connectivity index (χ3v) is 5.69. The van der Waals surface area contributed by atoms with Crippen molar-refractivity contribution in [2.45, 2.75) is 13.2 Å². The van der Waals surface area contributed by atoms with Crippen LogP contribution in [0.3, 0.4) is 0 Å². The van der Waals surface area contributed by atoms with Crippen molar-refractivity contribution in [2.24, 2.45) is 0 Å². The molecule has 33 heavy (non-hydrogen) atoms. The lowest BCUT2D eigenvalue weighted by Crippen LogP contribution is -2.32. The highest BCUT2D eigenvalue weighted by Crippen LogP contribution is 2.39. The molecular weight excluding hydrogens is 420 g/mol. The largest absolute Gasteiger partial charge is 0.493 e. The second kappa shape index (κ2) is 8.96. The van der Waals surface area contributed by atoms with E-state index < -0.39 is 0 Å². The van der Waals surface area contributed by atoms with Crippen LogP contribution in [0.1, 0.15) is 21.9 Å². The van der Waals surface area contributed by atoms with Gasteiger partial charge in [0.2, 0.25) is 0 Å². The maximum atomic E-state index is 13.1. The predicted molar refractivity (Wildman–Crippen MR) is 123 cm³/mol. The van der Waals surface area contributed by atoms with Crippen molar-refractivity contribution < 1.29 is 23.4 Å². The lowest BCUT2D eigenvalue weighted by Gasteiger charge is -2.19. The Balaban J connectivity index is 1.49. The molecule has 7 nitrogen and oxygen atoms in total. The molecule has 0 N–H and O–H groups in total. The molecule has 5 rings (SSSR count). The number of ether oxygens (including phenoxy) is 3. The van der Waals surface area contributed by atoms with Gasteiger partial charge in [-0.05, 0) is 42.0 Å². The number of aromatic nitrogens is 1. The van der Waals surface area contributed by atoms with Crippen LogP contribution in [0.4, 0.5) is 0 Å². The van der Waals surface area contributed by atoms with Crippen LogP contribution in [0, 0.1) is 0 Å². The van der Waals surface area contributed by atoms with E-state index in [0.717, 1.165) is 27.6 Å². The SMILES string of the molecule is COCc1ccc(C(=O)N2CCOc3c(cc(-c4cnc5ccccc5c4)cc3OC)C2)o1. The zero-order valence-electron chi connectivity index (χ0n) is 18.5. The molecule has 7 heteroatoms. The number of hydrogen-bond acceptors (Lipinski definition) is 6. The number of benzene rings is 2. The monoisotopic (exact) mass is 444 g/mol. The van der Waals surface area contributed by atoms with Crippen molar-refractivity contribution in [1.29, 1.82) is 0 Å². The van der Waals surface area contributed by atoms with Crippen molar-refractivity contribution in [3.8, 4) is 22.6 Å². The summed E-state index contributed by atoms with van der Waals surface area (Å²) in [6.45, 7) is 1.49. The van der Waals surface area contributed by atoms with E-state index in [1.54, 1.807) is 31.3 Å². The fraction of sp³-hybridized carbons (Fsp3) is 0.231. The number of furan rings is 1. The predicted octanol–water partition coefficient (Wildman–Crippen LogP) is 4.68. The molecular formula is C26H24N2O5. The fourth-order valence-corrected chi connectivity index (χ4v) is 4.07. The van der Waals surface area contributed by atoms with Crippen molar-refractivity contribution in [3.05, 3.63) is 77.9 Å². The van der Waals surface area contributed by atoms with E-state index in [1.807, 2.05) is 42.6 Å². The van der Waals surface area contributed by atoms with Crippen LogP contribution in [-0.4, -0.2) is 43.2 Å². The van der Waals surface area contributed by atoms with Crippen molar-refractivity contribution in [1.82, 2.24) is 9.88 Å². The van der Waals surface area contributed by atoms with Crippen molar-refractivity contribution >= 4 is 16.8 Å². The highest BCUT2D eigenvalue weighted by Gasteiger charge is 2.26. The Morgan fingerprint density at radius 1 is 1.09 bits per heavy atom. The summed E-state index contributed by atoms with van der Waals surface area (Å²) in [5, 5.41) is 1.06. The zero-order chi connectivity index (χ0) is 22.8. The van der Waals surface area contributed by atoms with Crippen LogP contribution in [-0.2, 0) is 17.9 Å². The summed E-state index contributed by atoms with van der Waals surface area (Å²) >= 11 is 0. The van der Waals surface area contributed by atoms with Gasteiger partial charge in [-0.25, -0.2) is 0 Å². The van der Waals surface area contributed by atoms with E-state index >= 15 is 0 Å². The maximum absolute atomic E-state index is 13.1. The van der Waals surface area contributed by atoms with Crippen molar-refractivity contribution in [2.75, 3.05) is 27.4 Å². The Bertz CT molecular complexity index is 1310. The first-order valence-electron chi connectivity index (χ1n) is 10.7. The molecule has 1 aliphatic rings. The van der Waals surface area contributed by atoms with Crippen LogP contribution in [0.2, 0.25) is 0 Å². The lowest BCUT2D eigenvalue weighted by atomic mass is 10.0. The minimum atomic E-state index is -0.189. The van der Waals surface area contributed by atoms with Crippen molar-refractivity contribution in [3.63, 3.8) is 0 Å². The number of pyridine rings is 1. The van der Waals surface area contributed by atoms with Crippen LogP contribution in [0.15, 0.2) is 65.2 Å². The lowest BCUT2D eigenvalue weighted by molar-refractivity contribution is 0.0693. The summed E-state index contributed by atoms with van der Waals surface area (Å²) in [7, 11) is 3.21. The molecule has 0 unspecified atom stereocenters. The summed E-state index contributed by atoms with van der Waals surface area (Å²) in [6.07, 6.45) is 1.85. The normalized spacial score (nSPS) is 13.3. The number of carbonyl (C=O) groups is 1. The molecule has 0 atom stereocenters. The Hall–Kier alpha value is -3.84. The molecule has 4 aromatic rings. The third-order valence-electron chi connectivity index (χ3n) is 5.69. The van der Waals surface area contributed by atoms with Gasteiger partial charge in [0.15, 0.2) is 17.3 Å². The summed E-state index contributed by atoms with van der Waals surface area (Å²) in [5.74, 6) is 1.99. The first-order valence-corrected chi connectivity index (χ1v) is 10.7. The minimum Gasteiger partial charge on any atom is -0.493 e. The van der Waals surface area contributed by atoms with E-state index in [2.05, 4.69) is 11.1 Å². The van der Waals surface area contributed by atoms with Gasteiger partial charge < -0.3 is 23.5 Å². The first kappa shape index (κ1) is 21.0.